The van der Waals surface area contributed by atoms with Crippen LogP contribution >= 0.6 is 12.4 Å². The Morgan fingerprint density at radius 2 is 1.81 bits per heavy atom. The van der Waals surface area contributed by atoms with Crippen molar-refractivity contribution >= 4 is 12.4 Å². The normalized spacial score (nSPS) is 33.4. The Hall–Kier alpha value is 0.210. The van der Waals surface area contributed by atoms with E-state index in [-0.39, 0.29) is 12.4 Å². The highest BCUT2D eigenvalue weighted by Gasteiger charge is 2.23. The van der Waals surface area contributed by atoms with E-state index in [9.17, 15) is 0 Å². The van der Waals surface area contributed by atoms with Crippen molar-refractivity contribution < 1.29 is 0 Å². The van der Waals surface area contributed by atoms with Crippen LogP contribution in [0.25, 0.3) is 0 Å². The van der Waals surface area contributed by atoms with Gasteiger partial charge in [-0.1, -0.05) is 19.8 Å². The first-order chi connectivity index (χ1) is 7.24. The van der Waals surface area contributed by atoms with Crippen LogP contribution in [-0.2, 0) is 0 Å². The molecule has 96 valence electrons. The van der Waals surface area contributed by atoms with Gasteiger partial charge in [-0.3, -0.25) is 0 Å². The van der Waals surface area contributed by atoms with Gasteiger partial charge < -0.3 is 10.6 Å². The second-order valence-electron chi connectivity index (χ2n) is 5.78. The molecule has 1 heterocycles. The number of halogens is 1. The molecule has 3 heteroatoms. The van der Waals surface area contributed by atoms with Gasteiger partial charge >= 0.3 is 0 Å². The average molecular weight is 247 g/mol. The van der Waals surface area contributed by atoms with E-state index in [0.717, 1.165) is 11.8 Å². The Kier molecular flexibility index (Phi) is 6.09. The Morgan fingerprint density at radius 3 is 2.44 bits per heavy atom. The van der Waals surface area contributed by atoms with E-state index in [1.165, 1.54) is 58.2 Å². The molecule has 2 nitrogen and oxygen atoms in total. The lowest BCUT2D eigenvalue weighted by molar-refractivity contribution is 0.151. The van der Waals surface area contributed by atoms with Gasteiger partial charge in [-0.2, -0.15) is 0 Å². The van der Waals surface area contributed by atoms with E-state index in [0.29, 0.717) is 6.04 Å². The van der Waals surface area contributed by atoms with Gasteiger partial charge in [0.2, 0.25) is 0 Å². The molecule has 2 unspecified atom stereocenters. The van der Waals surface area contributed by atoms with Crippen LogP contribution in [-0.4, -0.2) is 30.6 Å². The van der Waals surface area contributed by atoms with Crippen molar-refractivity contribution in [3.8, 4) is 0 Å². The van der Waals surface area contributed by atoms with Crippen molar-refractivity contribution in [2.75, 3.05) is 19.6 Å². The zero-order valence-corrected chi connectivity index (χ0v) is 11.3. The van der Waals surface area contributed by atoms with Gasteiger partial charge in [0.1, 0.15) is 0 Å². The highest BCUT2D eigenvalue weighted by Crippen LogP contribution is 2.29. The van der Waals surface area contributed by atoms with Gasteiger partial charge in [-0.05, 0) is 50.6 Å². The Balaban J connectivity index is 0.00000128. The van der Waals surface area contributed by atoms with Crippen LogP contribution in [0.1, 0.15) is 45.4 Å². The van der Waals surface area contributed by atoms with Crippen molar-refractivity contribution in [3.05, 3.63) is 0 Å². The van der Waals surface area contributed by atoms with Gasteiger partial charge in [0, 0.05) is 12.6 Å². The summed E-state index contributed by atoms with van der Waals surface area (Å²) in [6.45, 7) is 6.24. The fourth-order valence-corrected chi connectivity index (χ4v) is 3.23. The predicted molar refractivity (Wildman–Crippen MR) is 72.0 cm³/mol. The molecule has 2 aliphatic rings. The fourth-order valence-electron chi connectivity index (χ4n) is 3.23. The topological polar surface area (TPSA) is 29.3 Å². The van der Waals surface area contributed by atoms with Gasteiger partial charge in [-0.15, -0.1) is 12.4 Å². The minimum absolute atomic E-state index is 0. The average Bonchev–Trinajstić information content (AvgIpc) is 2.22. The Labute approximate surface area is 106 Å². The monoisotopic (exact) mass is 246 g/mol. The Bertz CT molecular complexity index is 190. The van der Waals surface area contributed by atoms with Crippen molar-refractivity contribution in [2.45, 2.75) is 51.5 Å². The molecule has 2 N–H and O–H groups in total. The van der Waals surface area contributed by atoms with E-state index < -0.39 is 0 Å². The Morgan fingerprint density at radius 1 is 1.12 bits per heavy atom. The van der Waals surface area contributed by atoms with Crippen LogP contribution in [0.4, 0.5) is 0 Å². The molecule has 1 saturated heterocycles. The number of nitrogens with zero attached hydrogens (tertiary/aromatic N) is 1. The summed E-state index contributed by atoms with van der Waals surface area (Å²) in [6, 6.07) is 0.478. The van der Waals surface area contributed by atoms with Crippen LogP contribution in [0.5, 0.6) is 0 Å². The summed E-state index contributed by atoms with van der Waals surface area (Å²) >= 11 is 0. The summed E-state index contributed by atoms with van der Waals surface area (Å²) in [6.07, 6.45) is 8.26. The molecule has 0 spiro atoms. The van der Waals surface area contributed by atoms with Crippen LogP contribution in [0.2, 0.25) is 0 Å². The lowest BCUT2D eigenvalue weighted by atomic mass is 9.82. The van der Waals surface area contributed by atoms with Crippen LogP contribution in [0, 0.1) is 11.8 Å². The fraction of sp³-hybridized carbons (Fsp3) is 1.00. The third-order valence-corrected chi connectivity index (χ3v) is 4.19. The van der Waals surface area contributed by atoms with E-state index >= 15 is 0 Å². The molecule has 1 aliphatic heterocycles. The molecular formula is C13H27ClN2. The van der Waals surface area contributed by atoms with Crippen molar-refractivity contribution in [1.82, 2.24) is 4.90 Å². The molecule has 1 saturated carbocycles. The van der Waals surface area contributed by atoms with Crippen molar-refractivity contribution in [1.29, 1.82) is 0 Å². The first-order valence-electron chi connectivity index (χ1n) is 6.72. The maximum Gasteiger partial charge on any atom is 0.00631 e. The van der Waals surface area contributed by atoms with Crippen LogP contribution < -0.4 is 5.73 Å². The van der Waals surface area contributed by atoms with Gasteiger partial charge in [0.05, 0.1) is 0 Å². The van der Waals surface area contributed by atoms with Crippen molar-refractivity contribution in [3.63, 3.8) is 0 Å². The minimum Gasteiger partial charge on any atom is -0.328 e. The van der Waals surface area contributed by atoms with Gasteiger partial charge in [0.25, 0.3) is 0 Å². The number of likely N-dealkylation sites (tertiary alicyclic amines) is 1. The van der Waals surface area contributed by atoms with Crippen LogP contribution in [0.15, 0.2) is 0 Å². The molecule has 0 radical (unpaired) electrons. The first-order valence-corrected chi connectivity index (χ1v) is 6.72. The number of hydrogen-bond donors (Lipinski definition) is 1. The summed E-state index contributed by atoms with van der Waals surface area (Å²) in [7, 11) is 0. The zero-order valence-electron chi connectivity index (χ0n) is 10.5. The molecule has 2 atom stereocenters. The number of hydrogen-bond acceptors (Lipinski definition) is 2. The summed E-state index contributed by atoms with van der Waals surface area (Å²) in [5.41, 5.74) is 5.93. The third kappa shape index (κ3) is 4.23. The SMILES string of the molecule is CC1CCCC(CN2CCC(N)CC2)C1.Cl. The quantitative estimate of drug-likeness (QED) is 0.812. The molecule has 2 rings (SSSR count). The highest BCUT2D eigenvalue weighted by molar-refractivity contribution is 5.85. The predicted octanol–water partition coefficient (Wildman–Crippen LogP) is 2.66. The largest absolute Gasteiger partial charge is 0.328 e. The van der Waals surface area contributed by atoms with E-state index in [1.807, 2.05) is 0 Å². The number of nitrogens with two attached hydrogens (primary N) is 1. The second kappa shape index (κ2) is 6.83. The van der Waals surface area contributed by atoms with E-state index in [2.05, 4.69) is 11.8 Å². The smallest absolute Gasteiger partial charge is 0.00631 e. The summed E-state index contributed by atoms with van der Waals surface area (Å²) in [5, 5.41) is 0. The summed E-state index contributed by atoms with van der Waals surface area (Å²) < 4.78 is 0. The second-order valence-corrected chi connectivity index (χ2v) is 5.78. The molecule has 1 aliphatic carbocycles. The molecule has 2 fully saturated rings. The molecule has 0 bridgehead atoms. The number of piperidine rings is 1. The maximum atomic E-state index is 5.93. The van der Waals surface area contributed by atoms with Crippen molar-refractivity contribution in [2.24, 2.45) is 17.6 Å². The van der Waals surface area contributed by atoms with Gasteiger partial charge in [-0.25, -0.2) is 0 Å². The molecule has 0 aromatic rings. The third-order valence-electron chi connectivity index (χ3n) is 4.19. The molecular weight excluding hydrogens is 220 g/mol. The lowest BCUT2D eigenvalue weighted by Crippen LogP contribution is -2.42. The maximum absolute atomic E-state index is 5.93. The van der Waals surface area contributed by atoms with E-state index in [1.54, 1.807) is 0 Å². The summed E-state index contributed by atoms with van der Waals surface area (Å²) in [5.74, 6) is 1.94. The molecule has 0 amide bonds. The standard InChI is InChI=1S/C13H26N2.ClH/c1-11-3-2-4-12(9-11)10-15-7-5-13(14)6-8-15;/h11-13H,2-10,14H2,1H3;1H. The van der Waals surface area contributed by atoms with Crippen LogP contribution in [0.3, 0.4) is 0 Å². The molecule has 0 aromatic carbocycles. The summed E-state index contributed by atoms with van der Waals surface area (Å²) in [4.78, 5) is 2.64. The lowest BCUT2D eigenvalue weighted by Gasteiger charge is -2.35. The van der Waals surface area contributed by atoms with Gasteiger partial charge in [0.15, 0.2) is 0 Å². The minimum atomic E-state index is 0. The zero-order chi connectivity index (χ0) is 10.7. The first kappa shape index (κ1) is 14.3. The van der Waals surface area contributed by atoms with E-state index in [4.69, 9.17) is 5.73 Å². The molecule has 16 heavy (non-hydrogen) atoms. The number of rotatable bonds is 2. The molecule has 0 aromatic heterocycles. The highest BCUT2D eigenvalue weighted by atomic mass is 35.5.